The molecule has 0 radical (unpaired) electrons. The fraction of sp³-hybridized carbons (Fsp3) is 0.500. The molecule has 2 rings (SSSR count). The van der Waals surface area contributed by atoms with E-state index < -0.39 is 0 Å². The van der Waals surface area contributed by atoms with Crippen LogP contribution in [0, 0.1) is 0 Å². The summed E-state index contributed by atoms with van der Waals surface area (Å²) in [5, 5.41) is 0. The Bertz CT molecular complexity index is 462. The van der Waals surface area contributed by atoms with Crippen molar-refractivity contribution < 1.29 is 19.0 Å². The predicted octanol–water partition coefficient (Wildman–Crippen LogP) is 0.925. The molecular weight excluding hydrogens is 296 g/mol. The Morgan fingerprint density at radius 3 is 2.48 bits per heavy atom. The van der Waals surface area contributed by atoms with E-state index in [1.54, 1.807) is 37.3 Å². The largest absolute Gasteiger partial charge is 0.497 e. The van der Waals surface area contributed by atoms with Gasteiger partial charge >= 0.3 is 0 Å². The Kier molecular flexibility index (Phi) is 6.74. The molecule has 1 atom stereocenters. The van der Waals surface area contributed by atoms with Gasteiger partial charge in [0, 0.05) is 31.3 Å². The molecule has 0 spiro atoms. The molecule has 1 aliphatic rings. The van der Waals surface area contributed by atoms with Gasteiger partial charge in [-0.1, -0.05) is 0 Å². The molecule has 21 heavy (non-hydrogen) atoms. The summed E-state index contributed by atoms with van der Waals surface area (Å²) in [5.41, 5.74) is 6.13. The summed E-state index contributed by atoms with van der Waals surface area (Å²) in [7, 11) is 3.12. The predicted molar refractivity (Wildman–Crippen MR) is 81.5 cm³/mol. The summed E-state index contributed by atoms with van der Waals surface area (Å²) in [4.78, 5) is 14.3. The summed E-state index contributed by atoms with van der Waals surface area (Å²) >= 11 is 0. The number of hydrogen-bond acceptors (Lipinski definition) is 5. The topological polar surface area (TPSA) is 74.0 Å². The van der Waals surface area contributed by atoms with Crippen molar-refractivity contribution in [1.82, 2.24) is 4.90 Å². The standard InChI is InChI=1S/C14H20N2O4.ClH/c1-18-11-5-10(6-12(7-11)19-2)14(17)16-3-4-20-13(8-15)9-16;/h5-7,13H,3-4,8-9,15H2,1-2H3;1H. The van der Waals surface area contributed by atoms with E-state index in [4.69, 9.17) is 19.9 Å². The second kappa shape index (κ2) is 8.07. The maximum Gasteiger partial charge on any atom is 0.254 e. The SMILES string of the molecule is COc1cc(OC)cc(C(=O)N2CCOC(CN)C2)c1.Cl. The highest BCUT2D eigenvalue weighted by Crippen LogP contribution is 2.24. The molecule has 1 aromatic carbocycles. The molecule has 1 saturated heterocycles. The smallest absolute Gasteiger partial charge is 0.254 e. The summed E-state index contributed by atoms with van der Waals surface area (Å²) in [6, 6.07) is 5.15. The number of nitrogens with zero attached hydrogens (tertiary/aromatic N) is 1. The monoisotopic (exact) mass is 316 g/mol. The lowest BCUT2D eigenvalue weighted by Gasteiger charge is -2.32. The van der Waals surface area contributed by atoms with Crippen molar-refractivity contribution in [3.05, 3.63) is 23.8 Å². The van der Waals surface area contributed by atoms with Gasteiger partial charge in [-0.3, -0.25) is 4.79 Å². The van der Waals surface area contributed by atoms with Crippen LogP contribution in [-0.4, -0.2) is 57.4 Å². The first kappa shape index (κ1) is 17.6. The second-order valence-electron chi connectivity index (χ2n) is 4.58. The van der Waals surface area contributed by atoms with Crippen molar-refractivity contribution in [2.45, 2.75) is 6.10 Å². The molecule has 1 amide bonds. The maximum absolute atomic E-state index is 12.5. The van der Waals surface area contributed by atoms with Crippen LogP contribution in [0.3, 0.4) is 0 Å². The van der Waals surface area contributed by atoms with Crippen LogP contribution in [0.1, 0.15) is 10.4 Å². The van der Waals surface area contributed by atoms with Gasteiger partial charge in [0.25, 0.3) is 5.91 Å². The first-order valence-electron chi connectivity index (χ1n) is 6.52. The van der Waals surface area contributed by atoms with E-state index in [0.29, 0.717) is 43.3 Å². The number of halogens is 1. The quantitative estimate of drug-likeness (QED) is 0.894. The number of morpholine rings is 1. The maximum atomic E-state index is 12.5. The van der Waals surface area contributed by atoms with Gasteiger partial charge in [0.2, 0.25) is 0 Å². The van der Waals surface area contributed by atoms with Crippen LogP contribution in [0.5, 0.6) is 11.5 Å². The van der Waals surface area contributed by atoms with Crippen LogP contribution in [0.2, 0.25) is 0 Å². The number of amides is 1. The third kappa shape index (κ3) is 4.23. The molecule has 0 aliphatic carbocycles. The van der Waals surface area contributed by atoms with Gasteiger partial charge in [-0.25, -0.2) is 0 Å². The first-order chi connectivity index (χ1) is 9.67. The summed E-state index contributed by atoms with van der Waals surface area (Å²) in [5.74, 6) is 1.12. The Morgan fingerprint density at radius 2 is 1.95 bits per heavy atom. The summed E-state index contributed by atoms with van der Waals surface area (Å²) < 4.78 is 15.8. The Morgan fingerprint density at radius 1 is 1.33 bits per heavy atom. The number of hydrogen-bond donors (Lipinski definition) is 1. The van der Waals surface area contributed by atoms with E-state index in [9.17, 15) is 4.79 Å². The first-order valence-corrected chi connectivity index (χ1v) is 6.52. The molecule has 1 aromatic rings. The molecule has 1 unspecified atom stereocenters. The van der Waals surface area contributed by atoms with Crippen LogP contribution in [0.25, 0.3) is 0 Å². The van der Waals surface area contributed by atoms with E-state index in [2.05, 4.69) is 0 Å². The number of carbonyl (C=O) groups is 1. The van der Waals surface area contributed by atoms with E-state index in [-0.39, 0.29) is 24.4 Å². The van der Waals surface area contributed by atoms with Gasteiger partial charge in [-0.05, 0) is 12.1 Å². The fourth-order valence-corrected chi connectivity index (χ4v) is 2.16. The fourth-order valence-electron chi connectivity index (χ4n) is 2.16. The highest BCUT2D eigenvalue weighted by molar-refractivity contribution is 5.95. The Balaban J connectivity index is 0.00000220. The number of benzene rings is 1. The molecule has 1 aliphatic heterocycles. The minimum Gasteiger partial charge on any atom is -0.497 e. The Hall–Kier alpha value is -1.50. The number of methoxy groups -OCH3 is 2. The lowest BCUT2D eigenvalue weighted by atomic mass is 10.1. The van der Waals surface area contributed by atoms with Crippen molar-refractivity contribution in [2.75, 3.05) is 40.5 Å². The van der Waals surface area contributed by atoms with Crippen LogP contribution in [0.15, 0.2) is 18.2 Å². The molecule has 0 saturated carbocycles. The lowest BCUT2D eigenvalue weighted by Crippen LogP contribution is -2.48. The molecule has 0 aromatic heterocycles. The molecule has 118 valence electrons. The summed E-state index contributed by atoms with van der Waals surface area (Å²) in [6.07, 6.45) is -0.0970. The van der Waals surface area contributed by atoms with Gasteiger partial charge in [-0.2, -0.15) is 0 Å². The van der Waals surface area contributed by atoms with Crippen molar-refractivity contribution in [2.24, 2.45) is 5.73 Å². The van der Waals surface area contributed by atoms with Gasteiger partial charge in [0.15, 0.2) is 0 Å². The van der Waals surface area contributed by atoms with Gasteiger partial charge in [-0.15, -0.1) is 12.4 Å². The average molecular weight is 317 g/mol. The molecule has 1 heterocycles. The average Bonchev–Trinajstić information content (AvgIpc) is 2.53. The number of rotatable bonds is 4. The van der Waals surface area contributed by atoms with Crippen LogP contribution in [-0.2, 0) is 4.74 Å². The molecule has 6 nitrogen and oxygen atoms in total. The summed E-state index contributed by atoms with van der Waals surface area (Å²) in [6.45, 7) is 1.99. The third-order valence-corrected chi connectivity index (χ3v) is 3.29. The van der Waals surface area contributed by atoms with E-state index in [1.165, 1.54) is 0 Å². The van der Waals surface area contributed by atoms with E-state index >= 15 is 0 Å². The normalized spacial score (nSPS) is 17.9. The van der Waals surface area contributed by atoms with Crippen LogP contribution in [0.4, 0.5) is 0 Å². The lowest BCUT2D eigenvalue weighted by molar-refractivity contribution is -0.0167. The molecular formula is C14H21ClN2O4. The van der Waals surface area contributed by atoms with Gasteiger partial charge in [0.1, 0.15) is 11.5 Å². The zero-order valence-electron chi connectivity index (χ0n) is 12.2. The third-order valence-electron chi connectivity index (χ3n) is 3.29. The highest BCUT2D eigenvalue weighted by atomic mass is 35.5. The molecule has 2 N–H and O–H groups in total. The number of ether oxygens (including phenoxy) is 3. The van der Waals surface area contributed by atoms with Crippen molar-refractivity contribution in [3.63, 3.8) is 0 Å². The van der Waals surface area contributed by atoms with Crippen LogP contribution < -0.4 is 15.2 Å². The molecule has 0 bridgehead atoms. The highest BCUT2D eigenvalue weighted by Gasteiger charge is 2.24. The van der Waals surface area contributed by atoms with E-state index in [1.807, 2.05) is 0 Å². The van der Waals surface area contributed by atoms with Crippen molar-refractivity contribution in [3.8, 4) is 11.5 Å². The molecule has 1 fully saturated rings. The van der Waals surface area contributed by atoms with Gasteiger partial charge in [0.05, 0.1) is 26.9 Å². The van der Waals surface area contributed by atoms with Crippen molar-refractivity contribution >= 4 is 18.3 Å². The van der Waals surface area contributed by atoms with Crippen molar-refractivity contribution in [1.29, 1.82) is 0 Å². The zero-order chi connectivity index (χ0) is 14.5. The number of carbonyl (C=O) groups excluding carboxylic acids is 1. The van der Waals surface area contributed by atoms with E-state index in [0.717, 1.165) is 0 Å². The zero-order valence-corrected chi connectivity index (χ0v) is 13.0. The minimum absolute atomic E-state index is 0. The van der Waals surface area contributed by atoms with Gasteiger partial charge < -0.3 is 24.8 Å². The number of nitrogens with two attached hydrogens (primary N) is 1. The van der Waals surface area contributed by atoms with Crippen LogP contribution >= 0.6 is 12.4 Å². The second-order valence-corrected chi connectivity index (χ2v) is 4.58. The Labute approximate surface area is 130 Å². The molecule has 7 heteroatoms. The minimum atomic E-state index is -0.0970.